The number of nitrogens with one attached hydrogen (secondary N) is 1. The number of aliphatic hydroxyl groups excluding tert-OH is 1. The Bertz CT molecular complexity index is 338. The van der Waals surface area contributed by atoms with Gasteiger partial charge in [-0.1, -0.05) is 20.8 Å². The molecule has 0 amide bonds. The van der Waals surface area contributed by atoms with Crippen molar-refractivity contribution in [2.24, 2.45) is 0 Å². The topological polar surface area (TPSA) is 58.0 Å². The van der Waals surface area contributed by atoms with Crippen molar-refractivity contribution in [1.82, 2.24) is 9.97 Å². The molecule has 0 unspecified atom stereocenters. The van der Waals surface area contributed by atoms with E-state index in [9.17, 15) is 0 Å². The minimum absolute atomic E-state index is 0.0391. The molecular formula is C12H21N3O. The highest BCUT2D eigenvalue weighted by molar-refractivity contribution is 5.30. The number of aromatic nitrogens is 2. The number of hydrogen-bond acceptors (Lipinski definition) is 4. The van der Waals surface area contributed by atoms with Gasteiger partial charge < -0.3 is 10.4 Å². The molecule has 0 radical (unpaired) electrons. The fraction of sp³-hybridized carbons (Fsp3) is 0.667. The second-order valence-corrected chi connectivity index (χ2v) is 5.71. The average Bonchev–Trinajstić information content (AvgIpc) is 2.16. The third kappa shape index (κ3) is 3.45. The fourth-order valence-electron chi connectivity index (χ4n) is 1.12. The number of rotatable bonds is 3. The molecule has 16 heavy (non-hydrogen) atoms. The van der Waals surface area contributed by atoms with Gasteiger partial charge in [-0.25, -0.2) is 9.97 Å². The van der Waals surface area contributed by atoms with Gasteiger partial charge in [0.15, 0.2) is 0 Å². The Morgan fingerprint density at radius 3 is 2.00 bits per heavy atom. The van der Waals surface area contributed by atoms with Crippen molar-refractivity contribution in [3.05, 3.63) is 18.0 Å². The largest absolute Gasteiger partial charge is 0.394 e. The van der Waals surface area contributed by atoms with Gasteiger partial charge in [0, 0.05) is 12.4 Å². The first kappa shape index (κ1) is 12.9. The van der Waals surface area contributed by atoms with E-state index in [0.717, 1.165) is 5.56 Å². The Balaban J connectivity index is 2.80. The second-order valence-electron chi connectivity index (χ2n) is 5.71. The highest BCUT2D eigenvalue weighted by atomic mass is 16.3. The lowest BCUT2D eigenvalue weighted by molar-refractivity contribution is 0.233. The summed E-state index contributed by atoms with van der Waals surface area (Å²) >= 11 is 0. The molecule has 1 heterocycles. The average molecular weight is 223 g/mol. The molecule has 0 aromatic carbocycles. The van der Waals surface area contributed by atoms with Gasteiger partial charge in [-0.05, 0) is 24.8 Å². The Morgan fingerprint density at radius 1 is 1.12 bits per heavy atom. The molecule has 0 fully saturated rings. The van der Waals surface area contributed by atoms with Gasteiger partial charge in [0.2, 0.25) is 5.95 Å². The summed E-state index contributed by atoms with van der Waals surface area (Å²) in [4.78, 5) is 8.49. The molecule has 0 saturated heterocycles. The number of hydrogen-bond donors (Lipinski definition) is 2. The maximum absolute atomic E-state index is 9.12. The molecule has 0 aliphatic rings. The molecule has 0 aliphatic heterocycles. The van der Waals surface area contributed by atoms with E-state index >= 15 is 0 Å². The van der Waals surface area contributed by atoms with Crippen molar-refractivity contribution in [2.75, 3.05) is 11.9 Å². The summed E-state index contributed by atoms with van der Waals surface area (Å²) in [5, 5.41) is 12.2. The van der Waals surface area contributed by atoms with Crippen molar-refractivity contribution in [3.63, 3.8) is 0 Å². The van der Waals surface area contributed by atoms with Crippen molar-refractivity contribution in [3.8, 4) is 0 Å². The molecule has 1 aromatic heterocycles. The highest BCUT2D eigenvalue weighted by Crippen LogP contribution is 2.21. The fourth-order valence-corrected chi connectivity index (χ4v) is 1.12. The van der Waals surface area contributed by atoms with E-state index in [1.54, 1.807) is 0 Å². The molecular weight excluding hydrogens is 202 g/mol. The zero-order valence-corrected chi connectivity index (χ0v) is 10.7. The monoisotopic (exact) mass is 223 g/mol. The van der Waals surface area contributed by atoms with Crippen molar-refractivity contribution < 1.29 is 5.11 Å². The van der Waals surface area contributed by atoms with E-state index < -0.39 is 5.54 Å². The summed E-state index contributed by atoms with van der Waals surface area (Å²) < 4.78 is 0. The van der Waals surface area contributed by atoms with Gasteiger partial charge >= 0.3 is 0 Å². The maximum atomic E-state index is 9.12. The highest BCUT2D eigenvalue weighted by Gasteiger charge is 2.18. The molecule has 4 heteroatoms. The SMILES string of the molecule is CC(C)(CO)Nc1ncc(C(C)(C)C)cn1. The van der Waals surface area contributed by atoms with Crippen LogP contribution in [0, 0.1) is 0 Å². The summed E-state index contributed by atoms with van der Waals surface area (Å²) in [6.45, 7) is 10.2. The Morgan fingerprint density at radius 2 is 1.62 bits per heavy atom. The normalized spacial score (nSPS) is 12.6. The summed E-state index contributed by atoms with van der Waals surface area (Å²) in [6, 6.07) is 0. The maximum Gasteiger partial charge on any atom is 0.223 e. The smallest absolute Gasteiger partial charge is 0.223 e. The van der Waals surface area contributed by atoms with Crippen LogP contribution in [0.3, 0.4) is 0 Å². The number of aliphatic hydroxyl groups is 1. The van der Waals surface area contributed by atoms with E-state index in [0.29, 0.717) is 5.95 Å². The van der Waals surface area contributed by atoms with Crippen LogP contribution >= 0.6 is 0 Å². The first-order valence-electron chi connectivity index (χ1n) is 5.46. The summed E-state index contributed by atoms with van der Waals surface area (Å²) in [5.41, 5.74) is 0.758. The van der Waals surface area contributed by atoms with Crippen LogP contribution < -0.4 is 5.32 Å². The predicted molar refractivity (Wildman–Crippen MR) is 65.5 cm³/mol. The third-order valence-corrected chi connectivity index (χ3v) is 2.36. The van der Waals surface area contributed by atoms with E-state index in [2.05, 4.69) is 36.1 Å². The molecule has 2 N–H and O–H groups in total. The lowest BCUT2D eigenvalue weighted by atomic mass is 9.89. The van der Waals surface area contributed by atoms with Gasteiger partial charge in [-0.2, -0.15) is 0 Å². The van der Waals surface area contributed by atoms with Crippen LogP contribution in [0.25, 0.3) is 0 Å². The first-order valence-corrected chi connectivity index (χ1v) is 5.46. The van der Waals surface area contributed by atoms with Gasteiger partial charge in [-0.15, -0.1) is 0 Å². The van der Waals surface area contributed by atoms with Crippen LogP contribution in [-0.4, -0.2) is 27.2 Å². The van der Waals surface area contributed by atoms with E-state index in [-0.39, 0.29) is 12.0 Å². The second kappa shape index (κ2) is 4.37. The van der Waals surface area contributed by atoms with Crippen LogP contribution in [0.4, 0.5) is 5.95 Å². The molecule has 1 rings (SSSR count). The van der Waals surface area contributed by atoms with Crippen LogP contribution in [0.15, 0.2) is 12.4 Å². The Labute approximate surface area is 97.1 Å². The molecule has 0 spiro atoms. The quantitative estimate of drug-likeness (QED) is 0.822. The zero-order valence-electron chi connectivity index (χ0n) is 10.7. The Hall–Kier alpha value is -1.16. The summed E-state index contributed by atoms with van der Waals surface area (Å²) in [5.74, 6) is 0.548. The van der Waals surface area contributed by atoms with E-state index in [1.807, 2.05) is 26.2 Å². The van der Waals surface area contributed by atoms with Gasteiger partial charge in [0.1, 0.15) is 0 Å². The van der Waals surface area contributed by atoms with Crippen LogP contribution in [0.5, 0.6) is 0 Å². The predicted octanol–water partition coefficient (Wildman–Crippen LogP) is 1.96. The standard InChI is InChI=1S/C12H21N3O/c1-11(2,3)9-6-13-10(14-7-9)15-12(4,5)8-16/h6-7,16H,8H2,1-5H3,(H,13,14,15). The molecule has 0 saturated carbocycles. The van der Waals surface area contributed by atoms with E-state index in [4.69, 9.17) is 5.11 Å². The van der Waals surface area contributed by atoms with Crippen molar-refractivity contribution in [1.29, 1.82) is 0 Å². The van der Waals surface area contributed by atoms with Gasteiger partial charge in [0.05, 0.1) is 12.1 Å². The van der Waals surface area contributed by atoms with Gasteiger partial charge in [0.25, 0.3) is 0 Å². The van der Waals surface area contributed by atoms with E-state index in [1.165, 1.54) is 0 Å². The number of nitrogens with zero attached hydrogens (tertiary/aromatic N) is 2. The Kier molecular flexibility index (Phi) is 3.53. The van der Waals surface area contributed by atoms with Crippen LogP contribution in [-0.2, 0) is 5.41 Å². The molecule has 1 aromatic rings. The molecule has 0 aliphatic carbocycles. The molecule has 0 atom stereocenters. The van der Waals surface area contributed by atoms with Crippen LogP contribution in [0.2, 0.25) is 0 Å². The molecule has 0 bridgehead atoms. The molecule has 4 nitrogen and oxygen atoms in total. The molecule has 90 valence electrons. The zero-order chi connectivity index (χ0) is 12.4. The lowest BCUT2D eigenvalue weighted by Gasteiger charge is -2.24. The minimum atomic E-state index is -0.400. The minimum Gasteiger partial charge on any atom is -0.394 e. The van der Waals surface area contributed by atoms with Crippen molar-refractivity contribution in [2.45, 2.75) is 45.6 Å². The first-order chi connectivity index (χ1) is 7.24. The summed E-state index contributed by atoms with van der Waals surface area (Å²) in [7, 11) is 0. The lowest BCUT2D eigenvalue weighted by Crippen LogP contribution is -2.35. The van der Waals surface area contributed by atoms with Crippen molar-refractivity contribution >= 4 is 5.95 Å². The summed E-state index contributed by atoms with van der Waals surface area (Å²) in [6.07, 6.45) is 3.64. The number of anilines is 1. The van der Waals surface area contributed by atoms with Gasteiger partial charge in [-0.3, -0.25) is 0 Å². The third-order valence-electron chi connectivity index (χ3n) is 2.36. The van der Waals surface area contributed by atoms with Crippen LogP contribution in [0.1, 0.15) is 40.2 Å².